The van der Waals surface area contributed by atoms with Crippen LogP contribution in [0.5, 0.6) is 23.0 Å². The molecule has 168 valence electrons. The molecule has 2 heterocycles. The molecule has 4 rings (SSSR count). The van der Waals surface area contributed by atoms with Crippen LogP contribution >= 0.6 is 27.7 Å². The van der Waals surface area contributed by atoms with E-state index in [4.69, 9.17) is 14.2 Å². The lowest BCUT2D eigenvalue weighted by Crippen LogP contribution is -2.37. The zero-order chi connectivity index (χ0) is 22.8. The number of phenols is 1. The van der Waals surface area contributed by atoms with Gasteiger partial charge in [-0.15, -0.1) is 0 Å². The van der Waals surface area contributed by atoms with Gasteiger partial charge < -0.3 is 24.2 Å². The number of methoxy groups -OCH3 is 2. The molecule has 0 aromatic heterocycles. The van der Waals surface area contributed by atoms with Crippen LogP contribution in [0.1, 0.15) is 35.2 Å². The number of thioether (sulfide) groups is 1. The largest absolute Gasteiger partial charge is 0.503 e. The van der Waals surface area contributed by atoms with Gasteiger partial charge in [0.05, 0.1) is 34.1 Å². The van der Waals surface area contributed by atoms with Crippen molar-refractivity contribution < 1.29 is 28.9 Å². The number of hydrogen-bond acceptors (Lipinski definition) is 7. The smallest absolute Gasteiger partial charge is 0.415 e. The van der Waals surface area contributed by atoms with Gasteiger partial charge >= 0.3 is 6.09 Å². The fourth-order valence-corrected chi connectivity index (χ4v) is 5.28. The monoisotopic (exact) mass is 519 g/mol. The first-order valence-corrected chi connectivity index (χ1v) is 11.7. The Labute approximate surface area is 198 Å². The first-order chi connectivity index (χ1) is 15.4. The summed E-state index contributed by atoms with van der Waals surface area (Å²) in [4.78, 5) is 28.5. The van der Waals surface area contributed by atoms with Crippen molar-refractivity contribution >= 4 is 45.6 Å². The first kappa shape index (κ1) is 22.5. The van der Waals surface area contributed by atoms with Gasteiger partial charge in [-0.3, -0.25) is 4.79 Å². The van der Waals surface area contributed by atoms with Crippen LogP contribution in [0, 0.1) is 0 Å². The molecule has 2 aromatic rings. The molecular formula is C23H22BrNO6S. The van der Waals surface area contributed by atoms with Gasteiger partial charge in [0.1, 0.15) is 11.5 Å². The summed E-state index contributed by atoms with van der Waals surface area (Å²) >= 11 is 4.52. The molecule has 0 radical (unpaired) electrons. The molecule has 1 amide bonds. The Morgan fingerprint density at radius 2 is 1.78 bits per heavy atom. The number of piperidine rings is 1. The highest BCUT2D eigenvalue weighted by Gasteiger charge is 2.34. The van der Waals surface area contributed by atoms with Crippen LogP contribution in [-0.4, -0.2) is 49.2 Å². The lowest BCUT2D eigenvalue weighted by Gasteiger charge is -2.26. The SMILES string of the molecule is COc1cc(/C=C2/Sc3c(OC(=O)N4CCCCC4)ccc(OC)c3C2=O)cc(Br)c1O. The zero-order valence-electron chi connectivity index (χ0n) is 17.6. The Hall–Kier alpha value is -2.65. The van der Waals surface area contributed by atoms with Crippen LogP contribution in [-0.2, 0) is 0 Å². The average molecular weight is 520 g/mol. The Bertz CT molecular complexity index is 1110. The highest BCUT2D eigenvalue weighted by molar-refractivity contribution is 9.10. The number of phenolic OH excluding ortho intramolecular Hbond substituents is 1. The van der Waals surface area contributed by atoms with Crippen molar-refractivity contribution in [2.24, 2.45) is 0 Å². The van der Waals surface area contributed by atoms with Crippen molar-refractivity contribution in [3.8, 4) is 23.0 Å². The van der Waals surface area contributed by atoms with Gasteiger partial charge in [0.25, 0.3) is 0 Å². The number of hydrogen-bond donors (Lipinski definition) is 1. The number of Topliss-reactive ketones (excluding diaryl/α,β-unsaturated/α-hetero) is 1. The number of rotatable bonds is 4. The highest BCUT2D eigenvalue weighted by atomic mass is 79.9. The van der Waals surface area contributed by atoms with Crippen molar-refractivity contribution in [1.29, 1.82) is 0 Å². The summed E-state index contributed by atoms with van der Waals surface area (Å²) in [6, 6.07) is 6.62. The second-order valence-electron chi connectivity index (χ2n) is 7.38. The second-order valence-corrected chi connectivity index (χ2v) is 9.29. The third kappa shape index (κ3) is 4.31. The van der Waals surface area contributed by atoms with E-state index in [-0.39, 0.29) is 17.3 Å². The lowest BCUT2D eigenvalue weighted by atomic mass is 10.1. The topological polar surface area (TPSA) is 85.3 Å². The third-order valence-corrected chi connectivity index (χ3v) is 7.08. The summed E-state index contributed by atoms with van der Waals surface area (Å²) in [5.74, 6) is 0.802. The average Bonchev–Trinajstić information content (AvgIpc) is 3.13. The molecule has 0 bridgehead atoms. The van der Waals surface area contributed by atoms with Crippen LogP contribution in [0.4, 0.5) is 4.79 Å². The van der Waals surface area contributed by atoms with Crippen LogP contribution in [0.2, 0.25) is 0 Å². The molecule has 0 saturated carbocycles. The minimum atomic E-state index is -0.408. The number of aromatic hydroxyl groups is 1. The van der Waals surface area contributed by atoms with E-state index in [2.05, 4.69) is 15.9 Å². The van der Waals surface area contributed by atoms with Crippen molar-refractivity contribution in [2.45, 2.75) is 24.2 Å². The number of benzene rings is 2. The van der Waals surface area contributed by atoms with Crippen LogP contribution in [0.3, 0.4) is 0 Å². The molecule has 1 N–H and O–H groups in total. The zero-order valence-corrected chi connectivity index (χ0v) is 20.0. The molecular weight excluding hydrogens is 498 g/mol. The molecule has 9 heteroatoms. The van der Waals surface area contributed by atoms with Gasteiger partial charge in [-0.05, 0) is 71.1 Å². The summed E-state index contributed by atoms with van der Waals surface area (Å²) in [6.45, 7) is 1.35. The number of fused-ring (bicyclic) bond motifs is 1. The summed E-state index contributed by atoms with van der Waals surface area (Å²) in [5.41, 5.74) is 1.04. The lowest BCUT2D eigenvalue weighted by molar-refractivity contribution is 0.103. The molecule has 0 unspecified atom stereocenters. The molecule has 0 atom stereocenters. The van der Waals surface area contributed by atoms with E-state index in [0.29, 0.717) is 50.0 Å². The Morgan fingerprint density at radius 1 is 1.09 bits per heavy atom. The number of ether oxygens (including phenoxy) is 3. The molecule has 32 heavy (non-hydrogen) atoms. The van der Waals surface area contributed by atoms with Gasteiger partial charge in [0.15, 0.2) is 11.5 Å². The summed E-state index contributed by atoms with van der Waals surface area (Å²) in [7, 11) is 2.95. The van der Waals surface area contributed by atoms with Gasteiger partial charge in [-0.2, -0.15) is 0 Å². The molecule has 2 aliphatic rings. The van der Waals surface area contributed by atoms with E-state index in [1.165, 1.54) is 26.0 Å². The number of amides is 1. The number of carbonyl (C=O) groups excluding carboxylic acids is 2. The Balaban J connectivity index is 1.67. The van der Waals surface area contributed by atoms with E-state index >= 15 is 0 Å². The molecule has 7 nitrogen and oxygen atoms in total. The minimum absolute atomic E-state index is 0.0167. The molecule has 2 aliphatic heterocycles. The Morgan fingerprint density at radius 3 is 2.47 bits per heavy atom. The van der Waals surface area contributed by atoms with Crippen molar-refractivity contribution in [2.75, 3.05) is 27.3 Å². The van der Waals surface area contributed by atoms with Gasteiger partial charge in [-0.1, -0.05) is 11.8 Å². The predicted octanol–water partition coefficient (Wildman–Crippen LogP) is 5.49. The number of nitrogens with zero attached hydrogens (tertiary/aromatic N) is 1. The number of likely N-dealkylation sites (tertiary alicyclic amines) is 1. The van der Waals surface area contributed by atoms with E-state index in [1.54, 1.807) is 35.2 Å². The standard InChI is InChI=1S/C23H22BrNO6S/c1-29-15-6-7-16(31-23(28)25-8-4-3-5-9-25)22-19(15)21(27)18(32-22)12-13-10-14(24)20(26)17(11-13)30-2/h6-7,10-12,26H,3-5,8-9H2,1-2H3/b18-12+. The van der Waals surface area contributed by atoms with Crippen molar-refractivity contribution in [3.05, 3.63) is 44.8 Å². The summed E-state index contributed by atoms with van der Waals surface area (Å²) < 4.78 is 16.7. The highest BCUT2D eigenvalue weighted by Crippen LogP contribution is 2.50. The van der Waals surface area contributed by atoms with Gasteiger partial charge in [0.2, 0.25) is 5.78 Å². The second kappa shape index (κ2) is 9.46. The minimum Gasteiger partial charge on any atom is -0.503 e. The number of carbonyl (C=O) groups is 2. The number of halogens is 1. The summed E-state index contributed by atoms with van der Waals surface area (Å²) in [5, 5.41) is 10.0. The molecule has 1 saturated heterocycles. The Kier molecular flexibility index (Phi) is 6.66. The van der Waals surface area contributed by atoms with E-state index in [1.807, 2.05) is 0 Å². The number of allylic oxidation sites excluding steroid dienone is 1. The number of ketones is 1. The molecule has 2 aromatic carbocycles. The molecule has 0 aliphatic carbocycles. The van der Waals surface area contributed by atoms with Crippen molar-refractivity contribution in [1.82, 2.24) is 4.90 Å². The van der Waals surface area contributed by atoms with Gasteiger partial charge in [-0.25, -0.2) is 4.79 Å². The van der Waals surface area contributed by atoms with E-state index < -0.39 is 6.09 Å². The van der Waals surface area contributed by atoms with Crippen LogP contribution in [0.25, 0.3) is 6.08 Å². The normalized spacial score (nSPS) is 16.8. The fraction of sp³-hybridized carbons (Fsp3) is 0.304. The molecule has 0 spiro atoms. The summed E-state index contributed by atoms with van der Waals surface area (Å²) in [6.07, 6.45) is 4.33. The van der Waals surface area contributed by atoms with Crippen molar-refractivity contribution in [3.63, 3.8) is 0 Å². The van der Waals surface area contributed by atoms with Gasteiger partial charge in [0, 0.05) is 13.1 Å². The maximum atomic E-state index is 13.2. The first-order valence-electron chi connectivity index (χ1n) is 10.1. The quantitative estimate of drug-likeness (QED) is 0.534. The predicted molar refractivity (Wildman–Crippen MR) is 125 cm³/mol. The fourth-order valence-electron chi connectivity index (χ4n) is 3.71. The van der Waals surface area contributed by atoms with Crippen LogP contribution < -0.4 is 14.2 Å². The maximum absolute atomic E-state index is 13.2. The van der Waals surface area contributed by atoms with E-state index in [0.717, 1.165) is 19.3 Å². The maximum Gasteiger partial charge on any atom is 0.415 e. The molecule has 1 fully saturated rings. The van der Waals surface area contributed by atoms with E-state index in [9.17, 15) is 14.7 Å². The van der Waals surface area contributed by atoms with Crippen LogP contribution in [0.15, 0.2) is 38.5 Å². The third-order valence-electron chi connectivity index (χ3n) is 5.35.